The lowest BCUT2D eigenvalue weighted by atomic mass is 9.85. The second kappa shape index (κ2) is 10.0. The zero-order chi connectivity index (χ0) is 16.4. The van der Waals surface area contributed by atoms with E-state index in [1.54, 1.807) is 0 Å². The molecule has 0 aliphatic heterocycles. The van der Waals surface area contributed by atoms with Gasteiger partial charge in [-0.1, -0.05) is 40.0 Å². The van der Waals surface area contributed by atoms with Crippen LogP contribution in [0.15, 0.2) is 6.07 Å². The molecule has 0 atom stereocenters. The van der Waals surface area contributed by atoms with Crippen molar-refractivity contribution in [2.45, 2.75) is 78.6 Å². The Kier molecular flexibility index (Phi) is 8.31. The van der Waals surface area contributed by atoms with Crippen LogP contribution in [0.5, 0.6) is 0 Å². The van der Waals surface area contributed by atoms with Gasteiger partial charge in [0.2, 0.25) is 0 Å². The summed E-state index contributed by atoms with van der Waals surface area (Å²) < 4.78 is 0. The zero-order valence-corrected chi connectivity index (χ0v) is 14.3. The molecule has 0 radical (unpaired) electrons. The van der Waals surface area contributed by atoms with Crippen LogP contribution in [0.4, 0.5) is 0 Å². The van der Waals surface area contributed by atoms with Gasteiger partial charge in [0.1, 0.15) is 12.1 Å². The molecule has 2 nitrogen and oxygen atoms in total. The average molecular weight is 296 g/mol. The van der Waals surface area contributed by atoms with Crippen molar-refractivity contribution in [2.75, 3.05) is 0 Å². The van der Waals surface area contributed by atoms with Crippen LogP contribution in [-0.2, 0) is 19.3 Å². The highest BCUT2D eigenvalue weighted by atomic mass is 14.3. The Morgan fingerprint density at radius 3 is 1.82 bits per heavy atom. The monoisotopic (exact) mass is 296 g/mol. The Balaban J connectivity index is 3.41. The van der Waals surface area contributed by atoms with E-state index >= 15 is 0 Å². The largest absolute Gasteiger partial charge is 0.192 e. The molecule has 0 aliphatic rings. The lowest BCUT2D eigenvalue weighted by Gasteiger charge is -2.18. The van der Waals surface area contributed by atoms with Gasteiger partial charge in [0.05, 0.1) is 11.1 Å². The first-order valence-electron chi connectivity index (χ1n) is 8.71. The van der Waals surface area contributed by atoms with Gasteiger partial charge in [-0.05, 0) is 61.3 Å². The highest BCUT2D eigenvalue weighted by Gasteiger charge is 2.17. The maximum atomic E-state index is 9.55. The fraction of sp³-hybridized carbons (Fsp3) is 0.600. The molecule has 0 spiro atoms. The number of benzene rings is 1. The normalized spacial score (nSPS) is 10.2. The van der Waals surface area contributed by atoms with Crippen molar-refractivity contribution in [3.63, 3.8) is 0 Å². The van der Waals surface area contributed by atoms with Gasteiger partial charge < -0.3 is 0 Å². The molecule has 0 heterocycles. The molecule has 1 rings (SSSR count). The molecule has 0 fully saturated rings. The Labute approximate surface area is 135 Å². The summed E-state index contributed by atoms with van der Waals surface area (Å²) in [7, 11) is 0. The molecule has 0 aliphatic carbocycles. The van der Waals surface area contributed by atoms with Crippen LogP contribution in [0, 0.1) is 22.7 Å². The van der Waals surface area contributed by atoms with Crippen LogP contribution in [0.1, 0.15) is 87.1 Å². The Morgan fingerprint density at radius 1 is 0.773 bits per heavy atom. The first kappa shape index (κ1) is 18.2. The van der Waals surface area contributed by atoms with Crippen molar-refractivity contribution < 1.29 is 0 Å². The molecule has 1 aromatic rings. The standard InChI is InChI=1S/C20H28N2/c1-4-7-10-16-13-17(14-21)20(15-22)19(12-9-6-3)18(16)11-8-5-2/h13H,4-12H2,1-3H3. The van der Waals surface area contributed by atoms with Gasteiger partial charge in [0, 0.05) is 0 Å². The van der Waals surface area contributed by atoms with Crippen molar-refractivity contribution in [2.24, 2.45) is 0 Å². The van der Waals surface area contributed by atoms with E-state index in [4.69, 9.17) is 0 Å². The number of nitrogens with zero attached hydrogens (tertiary/aromatic N) is 2. The summed E-state index contributed by atoms with van der Waals surface area (Å²) in [4.78, 5) is 0. The van der Waals surface area contributed by atoms with Crippen LogP contribution in [0.3, 0.4) is 0 Å². The number of nitriles is 2. The van der Waals surface area contributed by atoms with E-state index in [0.717, 1.165) is 63.4 Å². The SMILES string of the molecule is CCCCc1cc(C#N)c(C#N)c(CCCC)c1CCCC. The molecule has 0 aromatic heterocycles. The molecule has 1 aromatic carbocycles. The lowest BCUT2D eigenvalue weighted by molar-refractivity contribution is 0.733. The molecule has 0 N–H and O–H groups in total. The van der Waals surface area contributed by atoms with Crippen LogP contribution >= 0.6 is 0 Å². The summed E-state index contributed by atoms with van der Waals surface area (Å²) in [6.07, 6.45) is 9.77. The van der Waals surface area contributed by atoms with Gasteiger partial charge in [-0.2, -0.15) is 10.5 Å². The van der Waals surface area contributed by atoms with Crippen molar-refractivity contribution >= 4 is 0 Å². The van der Waals surface area contributed by atoms with Gasteiger partial charge in [-0.3, -0.25) is 0 Å². The van der Waals surface area contributed by atoms with E-state index in [0.29, 0.717) is 11.1 Å². The van der Waals surface area contributed by atoms with E-state index in [1.165, 1.54) is 11.1 Å². The van der Waals surface area contributed by atoms with E-state index in [-0.39, 0.29) is 0 Å². The fourth-order valence-corrected chi connectivity index (χ4v) is 2.94. The van der Waals surface area contributed by atoms with Crippen LogP contribution < -0.4 is 0 Å². The predicted octanol–water partition coefficient (Wildman–Crippen LogP) is 5.46. The molecule has 0 unspecified atom stereocenters. The van der Waals surface area contributed by atoms with Crippen molar-refractivity contribution in [1.82, 2.24) is 0 Å². The summed E-state index contributed by atoms with van der Waals surface area (Å²) in [5, 5.41) is 19.0. The van der Waals surface area contributed by atoms with Gasteiger partial charge in [-0.15, -0.1) is 0 Å². The molecule has 22 heavy (non-hydrogen) atoms. The molecule has 0 amide bonds. The third kappa shape index (κ3) is 4.60. The highest BCUT2D eigenvalue weighted by molar-refractivity contribution is 5.56. The first-order valence-corrected chi connectivity index (χ1v) is 8.71. The van der Waals surface area contributed by atoms with Crippen LogP contribution in [0.25, 0.3) is 0 Å². The first-order chi connectivity index (χ1) is 10.7. The van der Waals surface area contributed by atoms with E-state index in [1.807, 2.05) is 6.07 Å². The smallest absolute Gasteiger partial charge is 0.101 e. The second-order valence-electron chi connectivity index (χ2n) is 5.95. The summed E-state index contributed by atoms with van der Waals surface area (Å²) in [5.74, 6) is 0. The van der Waals surface area contributed by atoms with Gasteiger partial charge in [0.25, 0.3) is 0 Å². The van der Waals surface area contributed by atoms with E-state index < -0.39 is 0 Å². The zero-order valence-electron chi connectivity index (χ0n) is 14.3. The van der Waals surface area contributed by atoms with Gasteiger partial charge in [-0.25, -0.2) is 0 Å². The third-order valence-corrected chi connectivity index (χ3v) is 4.23. The Bertz CT molecular complexity index is 559. The molecular weight excluding hydrogens is 268 g/mol. The quantitative estimate of drug-likeness (QED) is 0.607. The number of aryl methyl sites for hydroxylation is 1. The van der Waals surface area contributed by atoms with E-state index in [9.17, 15) is 10.5 Å². The number of hydrogen-bond donors (Lipinski definition) is 0. The highest BCUT2D eigenvalue weighted by Crippen LogP contribution is 2.27. The Hall–Kier alpha value is -1.80. The van der Waals surface area contributed by atoms with Crippen molar-refractivity contribution in [3.8, 4) is 12.1 Å². The summed E-state index contributed by atoms with van der Waals surface area (Å²) >= 11 is 0. The summed E-state index contributed by atoms with van der Waals surface area (Å²) in [6.45, 7) is 6.56. The fourth-order valence-electron chi connectivity index (χ4n) is 2.94. The minimum atomic E-state index is 0.569. The van der Waals surface area contributed by atoms with Crippen molar-refractivity contribution in [1.29, 1.82) is 10.5 Å². The van der Waals surface area contributed by atoms with E-state index in [2.05, 4.69) is 32.9 Å². The average Bonchev–Trinajstić information content (AvgIpc) is 2.55. The number of rotatable bonds is 9. The topological polar surface area (TPSA) is 47.6 Å². The lowest BCUT2D eigenvalue weighted by Crippen LogP contribution is -2.07. The molecule has 2 heteroatoms. The molecule has 0 saturated heterocycles. The summed E-state index contributed by atoms with van der Waals surface area (Å²) in [6, 6.07) is 6.52. The van der Waals surface area contributed by atoms with Gasteiger partial charge in [0.15, 0.2) is 0 Å². The van der Waals surface area contributed by atoms with Gasteiger partial charge >= 0.3 is 0 Å². The van der Waals surface area contributed by atoms with Crippen LogP contribution in [0.2, 0.25) is 0 Å². The minimum Gasteiger partial charge on any atom is -0.192 e. The third-order valence-electron chi connectivity index (χ3n) is 4.23. The predicted molar refractivity (Wildman–Crippen MR) is 91.7 cm³/mol. The Morgan fingerprint density at radius 2 is 1.32 bits per heavy atom. The minimum absolute atomic E-state index is 0.569. The second-order valence-corrected chi connectivity index (χ2v) is 5.95. The number of hydrogen-bond acceptors (Lipinski definition) is 2. The molecule has 0 saturated carbocycles. The summed E-state index contributed by atoms with van der Waals surface area (Å²) in [5.41, 5.74) is 5.02. The van der Waals surface area contributed by atoms with Crippen molar-refractivity contribution in [3.05, 3.63) is 33.9 Å². The van der Waals surface area contributed by atoms with Crippen LogP contribution in [-0.4, -0.2) is 0 Å². The molecular formula is C20H28N2. The maximum Gasteiger partial charge on any atom is 0.101 e. The molecule has 118 valence electrons. The maximum absolute atomic E-state index is 9.55. The number of unbranched alkanes of at least 4 members (excludes halogenated alkanes) is 3. The molecule has 0 bridgehead atoms.